The average molecular weight is 612 g/mol. The van der Waals surface area contributed by atoms with Crippen molar-refractivity contribution in [3.8, 4) is 16.9 Å². The molecule has 232 valence electrons. The Morgan fingerprint density at radius 1 is 0.956 bits per heavy atom. The van der Waals surface area contributed by atoms with E-state index in [0.29, 0.717) is 35.8 Å². The Morgan fingerprint density at radius 3 is 2.29 bits per heavy atom. The molecule has 7 nitrogen and oxygen atoms in total. The van der Waals surface area contributed by atoms with Crippen molar-refractivity contribution in [2.75, 3.05) is 19.8 Å². The van der Waals surface area contributed by atoms with E-state index in [4.69, 9.17) is 19.6 Å². The molecule has 0 unspecified atom stereocenters. The number of amides is 1. The lowest BCUT2D eigenvalue weighted by molar-refractivity contribution is -0.129. The number of halogens is 2. The smallest absolute Gasteiger partial charge is 0.266 e. The number of rotatable bonds is 14. The number of aliphatic hydroxyl groups excluding tert-OH is 1. The van der Waals surface area contributed by atoms with Crippen molar-refractivity contribution in [1.29, 1.82) is 0 Å². The highest BCUT2D eigenvalue weighted by atomic mass is 19.1. The van der Waals surface area contributed by atoms with Crippen LogP contribution in [0.5, 0.6) is 5.75 Å². The number of aliphatic imine (C=N–C) groups is 1. The monoisotopic (exact) mass is 611 g/mol. The second-order valence-electron chi connectivity index (χ2n) is 10.7. The van der Waals surface area contributed by atoms with Crippen LogP contribution in [0.15, 0.2) is 115 Å². The zero-order chi connectivity index (χ0) is 31.6. The predicted octanol–water partition coefficient (Wildman–Crippen LogP) is 6.09. The molecule has 0 aromatic heterocycles. The highest BCUT2D eigenvalue weighted by Gasteiger charge is 2.52. The van der Waals surface area contributed by atoms with Crippen LogP contribution in [-0.2, 0) is 16.0 Å². The van der Waals surface area contributed by atoms with Crippen molar-refractivity contribution in [1.82, 2.24) is 10.9 Å². The number of ether oxygens (including phenoxy) is 2. The Balaban J connectivity index is 1.40. The molecule has 0 saturated heterocycles. The van der Waals surface area contributed by atoms with Gasteiger partial charge in [-0.1, -0.05) is 60.7 Å². The maximum Gasteiger partial charge on any atom is 0.266 e. The lowest BCUT2D eigenvalue weighted by atomic mass is 9.84. The summed E-state index contributed by atoms with van der Waals surface area (Å²) in [6.07, 6.45) is 1.83. The minimum atomic E-state index is -1.40. The maximum atomic E-state index is 14.0. The zero-order valence-corrected chi connectivity index (χ0v) is 24.7. The van der Waals surface area contributed by atoms with Gasteiger partial charge in [0.15, 0.2) is 11.6 Å². The van der Waals surface area contributed by atoms with E-state index in [2.05, 4.69) is 17.4 Å². The third-order valence-corrected chi connectivity index (χ3v) is 7.47. The molecule has 1 aliphatic heterocycles. The summed E-state index contributed by atoms with van der Waals surface area (Å²) in [5.41, 5.74) is 8.18. The fraction of sp³-hybridized carbons (Fsp3) is 0.222. The maximum absolute atomic E-state index is 14.0. The summed E-state index contributed by atoms with van der Waals surface area (Å²) >= 11 is 0. The van der Waals surface area contributed by atoms with Crippen LogP contribution >= 0.6 is 0 Å². The zero-order valence-electron chi connectivity index (χ0n) is 24.7. The Hall–Kier alpha value is -4.86. The summed E-state index contributed by atoms with van der Waals surface area (Å²) in [7, 11) is 0. The van der Waals surface area contributed by atoms with Gasteiger partial charge in [-0.2, -0.15) is 0 Å². The second-order valence-corrected chi connectivity index (χ2v) is 10.7. The summed E-state index contributed by atoms with van der Waals surface area (Å²) in [4.78, 5) is 18.8. The van der Waals surface area contributed by atoms with E-state index in [1.54, 1.807) is 30.3 Å². The Kier molecular flexibility index (Phi) is 10.3. The number of benzene rings is 4. The highest BCUT2D eigenvalue weighted by molar-refractivity contribution is 6.01. The summed E-state index contributed by atoms with van der Waals surface area (Å²) in [6, 6.07) is 28.3. The third-order valence-electron chi connectivity index (χ3n) is 7.47. The molecule has 1 amide bonds. The molecule has 4 aromatic carbocycles. The normalized spacial score (nSPS) is 17.3. The van der Waals surface area contributed by atoms with Crippen molar-refractivity contribution >= 4 is 11.8 Å². The van der Waals surface area contributed by atoms with Crippen LogP contribution in [0.3, 0.4) is 0 Å². The standard InChI is InChI=1S/C36H35F2N3O4/c1-2-18-36(35(43)41-39-19-17-25-22-30(37)24-31(38)23-25)33(28-11-9-27(10-12-28)26-7-4-3-5-8-26)45-34(40-36)29-13-15-32(16-14-29)44-21-6-20-42/h2-5,7-16,22-24,33,39,42H,1,6,17-21H2,(H,41,43)/t33-,36-/m0/s1. The van der Waals surface area contributed by atoms with Gasteiger partial charge in [0.1, 0.15) is 17.4 Å². The van der Waals surface area contributed by atoms with Crippen molar-refractivity contribution in [2.24, 2.45) is 4.99 Å². The first-order valence-electron chi connectivity index (χ1n) is 14.8. The number of aliphatic hydroxyl groups is 1. The number of carbonyl (C=O) groups is 1. The molecule has 2 atom stereocenters. The first-order chi connectivity index (χ1) is 21.9. The number of carbonyl (C=O) groups excluding carboxylic acids is 1. The van der Waals surface area contributed by atoms with Crippen molar-refractivity contribution in [3.63, 3.8) is 0 Å². The molecular weight excluding hydrogens is 576 g/mol. The van der Waals surface area contributed by atoms with Gasteiger partial charge >= 0.3 is 0 Å². The van der Waals surface area contributed by atoms with Gasteiger partial charge in [0.05, 0.1) is 6.61 Å². The van der Waals surface area contributed by atoms with Gasteiger partial charge in [0, 0.05) is 37.6 Å². The summed E-state index contributed by atoms with van der Waals surface area (Å²) in [5.74, 6) is -0.828. The Bertz CT molecular complexity index is 1610. The minimum Gasteiger partial charge on any atom is -0.494 e. The summed E-state index contributed by atoms with van der Waals surface area (Å²) < 4.78 is 39.3. The van der Waals surface area contributed by atoms with Gasteiger partial charge in [-0.3, -0.25) is 10.2 Å². The lowest BCUT2D eigenvalue weighted by Gasteiger charge is -2.29. The lowest BCUT2D eigenvalue weighted by Crippen LogP contribution is -2.52. The van der Waals surface area contributed by atoms with E-state index in [1.807, 2.05) is 54.6 Å². The molecule has 0 fully saturated rings. The summed E-state index contributed by atoms with van der Waals surface area (Å²) in [5, 5.41) is 9.02. The van der Waals surface area contributed by atoms with Crippen LogP contribution in [0, 0.1) is 11.6 Å². The van der Waals surface area contributed by atoms with E-state index >= 15 is 0 Å². The molecule has 5 rings (SSSR count). The van der Waals surface area contributed by atoms with Crippen LogP contribution < -0.4 is 15.6 Å². The first-order valence-corrected chi connectivity index (χ1v) is 14.8. The molecule has 0 saturated carbocycles. The van der Waals surface area contributed by atoms with Crippen molar-refractivity contribution < 1.29 is 28.2 Å². The van der Waals surface area contributed by atoms with E-state index in [0.717, 1.165) is 22.8 Å². The fourth-order valence-corrected chi connectivity index (χ4v) is 5.23. The molecule has 3 N–H and O–H groups in total. The largest absolute Gasteiger partial charge is 0.494 e. The topological polar surface area (TPSA) is 92.2 Å². The van der Waals surface area contributed by atoms with Gasteiger partial charge in [0.2, 0.25) is 5.90 Å². The van der Waals surface area contributed by atoms with Crippen LogP contribution in [0.25, 0.3) is 11.1 Å². The van der Waals surface area contributed by atoms with E-state index in [-0.39, 0.29) is 26.0 Å². The van der Waals surface area contributed by atoms with Crippen LogP contribution in [0.1, 0.15) is 35.6 Å². The third kappa shape index (κ3) is 7.63. The van der Waals surface area contributed by atoms with Gasteiger partial charge in [-0.05, 0) is 65.1 Å². The highest BCUT2D eigenvalue weighted by Crippen LogP contribution is 2.43. The SMILES string of the molecule is C=CC[C@]1(C(=O)NNCCc2cc(F)cc(F)c2)N=C(c2ccc(OCCCO)cc2)O[C@H]1c1ccc(-c2ccccc2)cc1. The molecule has 45 heavy (non-hydrogen) atoms. The fourth-order valence-electron chi connectivity index (χ4n) is 5.23. The average Bonchev–Trinajstić information content (AvgIpc) is 3.44. The van der Waals surface area contributed by atoms with E-state index in [9.17, 15) is 13.6 Å². The molecule has 0 radical (unpaired) electrons. The van der Waals surface area contributed by atoms with Gasteiger partial charge < -0.3 is 14.6 Å². The number of nitrogens with zero attached hydrogens (tertiary/aromatic N) is 1. The van der Waals surface area contributed by atoms with Gasteiger partial charge in [0.25, 0.3) is 5.91 Å². The molecule has 1 aliphatic rings. The molecule has 4 aromatic rings. The van der Waals surface area contributed by atoms with Crippen LogP contribution in [-0.4, -0.2) is 42.2 Å². The second kappa shape index (κ2) is 14.7. The molecule has 1 heterocycles. The first kappa shape index (κ1) is 31.6. The number of hydrogen-bond acceptors (Lipinski definition) is 6. The summed E-state index contributed by atoms with van der Waals surface area (Å²) in [6.45, 7) is 4.56. The van der Waals surface area contributed by atoms with Crippen LogP contribution in [0.4, 0.5) is 8.78 Å². The molecule has 9 heteroatoms. The van der Waals surface area contributed by atoms with E-state index < -0.39 is 29.2 Å². The van der Waals surface area contributed by atoms with Gasteiger partial charge in [-0.25, -0.2) is 19.2 Å². The van der Waals surface area contributed by atoms with Crippen molar-refractivity contribution in [3.05, 3.63) is 138 Å². The number of hydrazine groups is 1. The Morgan fingerprint density at radius 2 is 1.62 bits per heavy atom. The van der Waals surface area contributed by atoms with Gasteiger partial charge in [-0.15, -0.1) is 6.58 Å². The quantitative estimate of drug-likeness (QED) is 0.0912. The molecular formula is C36H35F2N3O4. The number of hydrogen-bond donors (Lipinski definition) is 3. The minimum absolute atomic E-state index is 0.0438. The Labute approximate surface area is 261 Å². The van der Waals surface area contributed by atoms with E-state index in [1.165, 1.54) is 12.1 Å². The molecule has 0 spiro atoms. The predicted molar refractivity (Wildman–Crippen MR) is 170 cm³/mol. The van der Waals surface area contributed by atoms with Crippen LogP contribution in [0.2, 0.25) is 0 Å². The number of nitrogens with one attached hydrogen (secondary N) is 2. The molecule has 0 aliphatic carbocycles. The van der Waals surface area contributed by atoms with Crippen molar-refractivity contribution in [2.45, 2.75) is 30.9 Å². The molecule has 0 bridgehead atoms.